The molecule has 1 aromatic carbocycles. The lowest BCUT2D eigenvalue weighted by Crippen LogP contribution is -2.55. The van der Waals surface area contributed by atoms with E-state index >= 15 is 0 Å². The number of hydrogen-bond donors (Lipinski definition) is 0. The first-order chi connectivity index (χ1) is 12.8. The first-order valence-corrected chi connectivity index (χ1v) is 9.33. The van der Waals surface area contributed by atoms with Crippen LogP contribution >= 0.6 is 0 Å². The molecule has 0 unspecified atom stereocenters. The maximum Gasteiger partial charge on any atom is 0.416 e. The Morgan fingerprint density at radius 2 is 1.63 bits per heavy atom. The average molecular weight is 385 g/mol. The zero-order valence-electron chi connectivity index (χ0n) is 15.5. The summed E-state index contributed by atoms with van der Waals surface area (Å²) >= 11 is 0. The minimum absolute atomic E-state index is 0.148. The van der Waals surface area contributed by atoms with Crippen LogP contribution in [0.4, 0.5) is 13.2 Å². The lowest BCUT2D eigenvalue weighted by atomic mass is 10.1. The van der Waals surface area contributed by atoms with E-state index in [1.807, 2.05) is 11.8 Å². The molecule has 2 aliphatic heterocycles. The molecule has 3 rings (SSSR count). The number of carbonyl (C=O) groups is 1. The first-order valence-electron chi connectivity index (χ1n) is 9.33. The van der Waals surface area contributed by atoms with Gasteiger partial charge in [0.05, 0.1) is 24.8 Å². The van der Waals surface area contributed by atoms with E-state index in [1.165, 1.54) is 0 Å². The van der Waals surface area contributed by atoms with Crippen molar-refractivity contribution < 1.29 is 22.7 Å². The van der Waals surface area contributed by atoms with Gasteiger partial charge in [0.15, 0.2) is 0 Å². The number of halogens is 3. The fourth-order valence-corrected chi connectivity index (χ4v) is 3.57. The van der Waals surface area contributed by atoms with E-state index in [0.29, 0.717) is 32.8 Å². The van der Waals surface area contributed by atoms with Crippen molar-refractivity contribution in [2.45, 2.75) is 25.7 Å². The van der Waals surface area contributed by atoms with Crippen LogP contribution in [0.25, 0.3) is 0 Å². The minimum atomic E-state index is -4.30. The molecule has 1 amide bonds. The molecule has 1 aromatic rings. The Labute approximate surface area is 157 Å². The number of nitrogens with zero attached hydrogens (tertiary/aromatic N) is 3. The molecule has 0 spiro atoms. The molecule has 0 saturated carbocycles. The number of carbonyl (C=O) groups excluding carboxylic acids is 1. The van der Waals surface area contributed by atoms with E-state index in [0.717, 1.165) is 43.9 Å². The standard InChI is InChI=1S/C19H26F3N3O2/c1-15(18(26)25-10-12-27-13-11-25)24-8-6-23(7-9-24)14-16-2-4-17(5-3-16)19(20,21)22/h2-5,15H,6-14H2,1H3/t15-/m0/s1. The first kappa shape index (κ1) is 20.1. The minimum Gasteiger partial charge on any atom is -0.378 e. The summed E-state index contributed by atoms with van der Waals surface area (Å²) in [6.07, 6.45) is -4.30. The van der Waals surface area contributed by atoms with Crippen LogP contribution in [0.5, 0.6) is 0 Å². The summed E-state index contributed by atoms with van der Waals surface area (Å²) in [5.74, 6) is 0.148. The maximum absolute atomic E-state index is 12.6. The van der Waals surface area contributed by atoms with Gasteiger partial charge in [0.2, 0.25) is 5.91 Å². The fourth-order valence-electron chi connectivity index (χ4n) is 3.57. The zero-order chi connectivity index (χ0) is 19.4. The summed E-state index contributed by atoms with van der Waals surface area (Å²) in [4.78, 5) is 18.9. The number of amides is 1. The van der Waals surface area contributed by atoms with Crippen LogP contribution in [-0.4, -0.2) is 79.1 Å². The summed E-state index contributed by atoms with van der Waals surface area (Å²) in [7, 11) is 0. The highest BCUT2D eigenvalue weighted by atomic mass is 19.4. The van der Waals surface area contributed by atoms with Gasteiger partial charge in [-0.1, -0.05) is 12.1 Å². The predicted octanol–water partition coefficient (Wildman–Crippen LogP) is 2.07. The van der Waals surface area contributed by atoms with Gasteiger partial charge >= 0.3 is 6.18 Å². The molecule has 0 aromatic heterocycles. The third kappa shape index (κ3) is 5.21. The van der Waals surface area contributed by atoms with Crippen LogP contribution in [0, 0.1) is 0 Å². The highest BCUT2D eigenvalue weighted by molar-refractivity contribution is 5.81. The van der Waals surface area contributed by atoms with Crippen molar-refractivity contribution in [1.82, 2.24) is 14.7 Å². The van der Waals surface area contributed by atoms with E-state index in [1.54, 1.807) is 12.1 Å². The molecule has 0 radical (unpaired) electrons. The van der Waals surface area contributed by atoms with E-state index in [4.69, 9.17) is 4.74 Å². The molecular formula is C19H26F3N3O2. The van der Waals surface area contributed by atoms with Crippen molar-refractivity contribution in [1.29, 1.82) is 0 Å². The van der Waals surface area contributed by atoms with Crippen LogP contribution in [0.2, 0.25) is 0 Å². The van der Waals surface area contributed by atoms with Crippen LogP contribution < -0.4 is 0 Å². The summed E-state index contributed by atoms with van der Waals surface area (Å²) in [5.41, 5.74) is 0.250. The fraction of sp³-hybridized carbons (Fsp3) is 0.632. The molecule has 0 N–H and O–H groups in total. The van der Waals surface area contributed by atoms with E-state index < -0.39 is 11.7 Å². The van der Waals surface area contributed by atoms with Crippen LogP contribution in [-0.2, 0) is 22.3 Å². The second kappa shape index (κ2) is 8.58. The Kier molecular flexibility index (Phi) is 6.39. The van der Waals surface area contributed by atoms with Crippen LogP contribution in [0.1, 0.15) is 18.1 Å². The highest BCUT2D eigenvalue weighted by Gasteiger charge is 2.31. The lowest BCUT2D eigenvalue weighted by molar-refractivity contribution is -0.141. The quantitative estimate of drug-likeness (QED) is 0.795. The number of alkyl halides is 3. The largest absolute Gasteiger partial charge is 0.416 e. The predicted molar refractivity (Wildman–Crippen MR) is 95.2 cm³/mol. The normalized spacial score (nSPS) is 21.3. The van der Waals surface area contributed by atoms with E-state index in [-0.39, 0.29) is 11.9 Å². The Bertz CT molecular complexity index is 622. The number of hydrogen-bond acceptors (Lipinski definition) is 4. The third-order valence-corrected chi connectivity index (χ3v) is 5.32. The van der Waals surface area contributed by atoms with Gasteiger partial charge in [0, 0.05) is 45.8 Å². The summed E-state index contributed by atoms with van der Waals surface area (Å²) in [5, 5.41) is 0. The molecule has 1 atom stereocenters. The summed E-state index contributed by atoms with van der Waals surface area (Å²) < 4.78 is 43.2. The van der Waals surface area contributed by atoms with E-state index in [2.05, 4.69) is 9.80 Å². The van der Waals surface area contributed by atoms with Gasteiger partial charge in [-0.25, -0.2) is 0 Å². The SMILES string of the molecule is C[C@@H](C(=O)N1CCOCC1)N1CCN(Cc2ccc(C(F)(F)F)cc2)CC1. The molecule has 0 aliphatic carbocycles. The van der Waals surface area contributed by atoms with Gasteiger partial charge in [-0.2, -0.15) is 13.2 Å². The maximum atomic E-state index is 12.6. The molecule has 2 fully saturated rings. The molecule has 150 valence electrons. The molecule has 2 saturated heterocycles. The van der Waals surface area contributed by atoms with E-state index in [9.17, 15) is 18.0 Å². The van der Waals surface area contributed by atoms with Gasteiger partial charge in [0.1, 0.15) is 0 Å². The van der Waals surface area contributed by atoms with Gasteiger partial charge in [0.25, 0.3) is 0 Å². The molecule has 8 heteroatoms. The number of ether oxygens (including phenoxy) is 1. The van der Waals surface area contributed by atoms with Crippen molar-refractivity contribution in [3.05, 3.63) is 35.4 Å². The summed E-state index contributed by atoms with van der Waals surface area (Å²) in [6.45, 7) is 8.20. The molecule has 27 heavy (non-hydrogen) atoms. The molecule has 5 nitrogen and oxygen atoms in total. The zero-order valence-corrected chi connectivity index (χ0v) is 15.5. The van der Waals surface area contributed by atoms with Gasteiger partial charge in [-0.3, -0.25) is 14.6 Å². The number of piperazine rings is 1. The Balaban J connectivity index is 1.47. The summed E-state index contributed by atoms with van der Waals surface area (Å²) in [6, 6.07) is 5.19. The molecule has 2 aliphatic rings. The van der Waals surface area contributed by atoms with Crippen molar-refractivity contribution in [2.24, 2.45) is 0 Å². The molecule has 0 bridgehead atoms. The third-order valence-electron chi connectivity index (χ3n) is 5.32. The Hall–Kier alpha value is -1.64. The van der Waals surface area contributed by atoms with Crippen molar-refractivity contribution in [3.8, 4) is 0 Å². The lowest BCUT2D eigenvalue weighted by Gasteiger charge is -2.39. The molecule has 2 heterocycles. The Morgan fingerprint density at radius 1 is 1.04 bits per heavy atom. The van der Waals surface area contributed by atoms with Gasteiger partial charge in [-0.15, -0.1) is 0 Å². The van der Waals surface area contributed by atoms with Crippen molar-refractivity contribution in [3.63, 3.8) is 0 Å². The van der Waals surface area contributed by atoms with Crippen LogP contribution in [0.3, 0.4) is 0 Å². The van der Waals surface area contributed by atoms with Gasteiger partial charge < -0.3 is 9.64 Å². The smallest absolute Gasteiger partial charge is 0.378 e. The second-order valence-electron chi connectivity index (χ2n) is 7.12. The number of benzene rings is 1. The highest BCUT2D eigenvalue weighted by Crippen LogP contribution is 2.29. The van der Waals surface area contributed by atoms with Gasteiger partial charge in [-0.05, 0) is 24.6 Å². The topological polar surface area (TPSA) is 36.0 Å². The van der Waals surface area contributed by atoms with Crippen molar-refractivity contribution in [2.75, 3.05) is 52.5 Å². The number of rotatable bonds is 4. The second-order valence-corrected chi connectivity index (χ2v) is 7.12. The average Bonchev–Trinajstić information content (AvgIpc) is 2.68. The monoisotopic (exact) mass is 385 g/mol. The van der Waals surface area contributed by atoms with Crippen molar-refractivity contribution >= 4 is 5.91 Å². The van der Waals surface area contributed by atoms with Crippen LogP contribution in [0.15, 0.2) is 24.3 Å². The Morgan fingerprint density at radius 3 is 2.19 bits per heavy atom. The number of morpholine rings is 1. The molecular weight excluding hydrogens is 359 g/mol.